The number of alkyl carbamates (subject to hydrolysis) is 1. The third kappa shape index (κ3) is 7.69. The van der Waals surface area contributed by atoms with E-state index in [1.165, 1.54) is 0 Å². The number of hydrogen-bond acceptors (Lipinski definition) is 6. The Morgan fingerprint density at radius 3 is 2.08 bits per heavy atom. The first-order valence-corrected chi connectivity index (χ1v) is 13.2. The number of carbonyl (C=O) groups excluding carboxylic acids is 3. The summed E-state index contributed by atoms with van der Waals surface area (Å²) in [5.41, 5.74) is 5.08. The molecule has 9 nitrogen and oxygen atoms in total. The Kier molecular flexibility index (Phi) is 9.88. The zero-order valence-electron chi connectivity index (χ0n) is 22.0. The number of carboxylic acid groups (broad SMARTS) is 1. The van der Waals surface area contributed by atoms with Gasteiger partial charge < -0.3 is 25.2 Å². The van der Waals surface area contributed by atoms with Crippen molar-refractivity contribution in [3.8, 4) is 11.1 Å². The van der Waals surface area contributed by atoms with Crippen molar-refractivity contribution in [2.24, 2.45) is 0 Å². The van der Waals surface area contributed by atoms with E-state index in [1.54, 1.807) is 0 Å². The molecule has 1 aliphatic carbocycles. The molecule has 0 saturated carbocycles. The van der Waals surface area contributed by atoms with E-state index in [4.69, 9.17) is 14.6 Å². The van der Waals surface area contributed by atoms with Gasteiger partial charge in [-0.15, -0.1) is 0 Å². The highest BCUT2D eigenvalue weighted by molar-refractivity contribution is 5.89. The molecule has 0 bridgehead atoms. The van der Waals surface area contributed by atoms with E-state index in [1.807, 2.05) is 78.9 Å². The second-order valence-electron chi connectivity index (χ2n) is 9.51. The molecule has 0 heterocycles. The van der Waals surface area contributed by atoms with Gasteiger partial charge in [0.05, 0.1) is 6.42 Å². The number of hydrogen-bond donors (Lipinski definition) is 3. The lowest BCUT2D eigenvalue weighted by Gasteiger charge is -2.19. The van der Waals surface area contributed by atoms with Crippen LogP contribution in [0.4, 0.5) is 4.79 Å². The number of nitrogens with one attached hydrogen (secondary N) is 2. The maximum Gasteiger partial charge on any atom is 0.407 e. The van der Waals surface area contributed by atoms with Crippen molar-refractivity contribution in [3.63, 3.8) is 0 Å². The number of carboxylic acids is 1. The van der Waals surface area contributed by atoms with Crippen LogP contribution in [0.25, 0.3) is 11.1 Å². The molecule has 0 radical (unpaired) electrons. The number of rotatable bonds is 13. The fraction of sp³-hybridized carbons (Fsp3) is 0.290. The average Bonchev–Trinajstić information content (AvgIpc) is 3.28. The predicted octanol–water partition coefficient (Wildman–Crippen LogP) is 4.40. The fourth-order valence-corrected chi connectivity index (χ4v) is 4.69. The minimum atomic E-state index is -1.22. The highest BCUT2D eigenvalue weighted by Gasteiger charge is 2.30. The molecule has 0 aliphatic heterocycles. The van der Waals surface area contributed by atoms with E-state index < -0.39 is 36.4 Å². The number of unbranched alkanes of at least 4 members (excludes halogenated alkanes) is 1. The average molecular weight is 545 g/mol. The molecule has 9 heteroatoms. The summed E-state index contributed by atoms with van der Waals surface area (Å²) >= 11 is 0. The quantitative estimate of drug-likeness (QED) is 0.215. The summed E-state index contributed by atoms with van der Waals surface area (Å²) < 4.78 is 10.9. The Balaban J connectivity index is 1.36. The number of carbonyl (C=O) groups is 4. The third-order valence-corrected chi connectivity index (χ3v) is 6.68. The molecule has 3 aromatic rings. The van der Waals surface area contributed by atoms with Gasteiger partial charge in [0, 0.05) is 18.9 Å². The maximum atomic E-state index is 12.9. The summed E-state index contributed by atoms with van der Waals surface area (Å²) in [5.74, 6) is -2.31. The van der Waals surface area contributed by atoms with Gasteiger partial charge in [-0.05, 0) is 40.7 Å². The summed E-state index contributed by atoms with van der Waals surface area (Å²) in [7, 11) is 0. The van der Waals surface area contributed by atoms with Gasteiger partial charge in [-0.3, -0.25) is 14.4 Å². The molecule has 0 spiro atoms. The van der Waals surface area contributed by atoms with E-state index >= 15 is 0 Å². The lowest BCUT2D eigenvalue weighted by Crippen LogP contribution is -2.48. The second-order valence-corrected chi connectivity index (χ2v) is 9.51. The predicted molar refractivity (Wildman–Crippen MR) is 147 cm³/mol. The Morgan fingerprint density at radius 2 is 1.43 bits per heavy atom. The van der Waals surface area contributed by atoms with Crippen molar-refractivity contribution in [1.29, 1.82) is 0 Å². The fourth-order valence-electron chi connectivity index (χ4n) is 4.69. The molecule has 3 N–H and O–H groups in total. The van der Waals surface area contributed by atoms with Crippen LogP contribution in [-0.4, -0.2) is 48.2 Å². The van der Waals surface area contributed by atoms with Crippen molar-refractivity contribution in [3.05, 3.63) is 95.6 Å². The first-order chi connectivity index (χ1) is 19.4. The number of ether oxygens (including phenoxy) is 2. The van der Waals surface area contributed by atoms with Gasteiger partial charge in [-0.1, -0.05) is 78.9 Å². The van der Waals surface area contributed by atoms with Gasteiger partial charge in [0.25, 0.3) is 0 Å². The summed E-state index contributed by atoms with van der Waals surface area (Å²) in [6.45, 7) is 0.296. The molecule has 1 atom stereocenters. The molecule has 40 heavy (non-hydrogen) atoms. The largest absolute Gasteiger partial charge is 0.481 e. The van der Waals surface area contributed by atoms with Crippen molar-refractivity contribution in [2.75, 3.05) is 13.2 Å². The normalized spacial score (nSPS) is 12.5. The zero-order valence-corrected chi connectivity index (χ0v) is 22.0. The van der Waals surface area contributed by atoms with Crippen LogP contribution in [-0.2, 0) is 30.5 Å². The number of aliphatic carboxylic acids is 1. The number of esters is 1. The summed E-state index contributed by atoms with van der Waals surface area (Å²) in [6.07, 6.45) is -0.405. The highest BCUT2D eigenvalue weighted by atomic mass is 16.5. The van der Waals surface area contributed by atoms with Crippen LogP contribution in [0.5, 0.6) is 0 Å². The first kappa shape index (κ1) is 28.4. The molecule has 0 saturated heterocycles. The molecule has 0 unspecified atom stereocenters. The first-order valence-electron chi connectivity index (χ1n) is 13.2. The van der Waals surface area contributed by atoms with Crippen LogP contribution in [0.2, 0.25) is 0 Å². The van der Waals surface area contributed by atoms with E-state index in [9.17, 15) is 19.2 Å². The van der Waals surface area contributed by atoms with Crippen molar-refractivity contribution >= 4 is 23.9 Å². The maximum absolute atomic E-state index is 12.9. The van der Waals surface area contributed by atoms with Crippen LogP contribution in [0.15, 0.2) is 78.9 Å². The Morgan fingerprint density at radius 1 is 0.800 bits per heavy atom. The Bertz CT molecular complexity index is 1300. The molecule has 0 aromatic heterocycles. The smallest absolute Gasteiger partial charge is 0.407 e. The van der Waals surface area contributed by atoms with Crippen LogP contribution >= 0.6 is 0 Å². The van der Waals surface area contributed by atoms with Crippen LogP contribution < -0.4 is 10.6 Å². The molecular weight excluding hydrogens is 512 g/mol. The zero-order chi connectivity index (χ0) is 28.3. The molecule has 4 rings (SSSR count). The number of amides is 2. The van der Waals surface area contributed by atoms with Crippen molar-refractivity contribution in [2.45, 2.75) is 44.2 Å². The van der Waals surface area contributed by atoms with Gasteiger partial charge in [0.15, 0.2) is 0 Å². The van der Waals surface area contributed by atoms with Crippen LogP contribution in [0, 0.1) is 0 Å². The van der Waals surface area contributed by atoms with Gasteiger partial charge in [0.2, 0.25) is 5.91 Å². The topological polar surface area (TPSA) is 131 Å². The minimum absolute atomic E-state index is 0.0108. The van der Waals surface area contributed by atoms with E-state index in [-0.39, 0.29) is 32.1 Å². The van der Waals surface area contributed by atoms with Gasteiger partial charge in [-0.2, -0.15) is 0 Å². The van der Waals surface area contributed by atoms with Crippen molar-refractivity contribution in [1.82, 2.24) is 10.6 Å². The van der Waals surface area contributed by atoms with Gasteiger partial charge in [-0.25, -0.2) is 4.79 Å². The van der Waals surface area contributed by atoms with Crippen LogP contribution in [0.1, 0.15) is 48.3 Å². The van der Waals surface area contributed by atoms with Crippen LogP contribution in [0.3, 0.4) is 0 Å². The molecular formula is C31H32N2O7. The Labute approximate surface area is 232 Å². The van der Waals surface area contributed by atoms with Gasteiger partial charge >= 0.3 is 18.0 Å². The summed E-state index contributed by atoms with van der Waals surface area (Å²) in [6, 6.07) is 23.8. The van der Waals surface area contributed by atoms with Crippen molar-refractivity contribution < 1.29 is 33.8 Å². The molecule has 208 valence electrons. The van der Waals surface area contributed by atoms with E-state index in [0.29, 0.717) is 12.8 Å². The molecule has 2 amide bonds. The monoisotopic (exact) mass is 544 g/mol. The standard InChI is InChI=1S/C31H32N2O7/c34-28(35)16-8-9-17-32-30(37)27(18-29(36)39-19-21-10-2-1-3-11-21)33-31(38)40-20-26-24-14-6-4-12-22(24)23-13-5-7-15-25(23)26/h1-7,10-15,26-27H,8-9,16-20H2,(H,32,37)(H,33,38)(H,34,35)/t27-/m0/s1. The number of benzene rings is 3. The lowest BCUT2D eigenvalue weighted by molar-refractivity contribution is -0.147. The number of fused-ring (bicyclic) bond motifs is 3. The lowest BCUT2D eigenvalue weighted by atomic mass is 9.98. The van der Waals surface area contributed by atoms with Gasteiger partial charge in [0.1, 0.15) is 19.3 Å². The SMILES string of the molecule is O=C(O)CCCCNC(=O)[C@H](CC(=O)OCc1ccccc1)NC(=O)OCC1c2ccccc2-c2ccccc21. The van der Waals surface area contributed by atoms with E-state index in [2.05, 4.69) is 10.6 Å². The minimum Gasteiger partial charge on any atom is -0.481 e. The summed E-state index contributed by atoms with van der Waals surface area (Å²) in [5, 5.41) is 13.9. The molecule has 3 aromatic carbocycles. The third-order valence-electron chi connectivity index (χ3n) is 6.68. The van der Waals surface area contributed by atoms with E-state index in [0.717, 1.165) is 27.8 Å². The Hall–Kier alpha value is -4.66. The summed E-state index contributed by atoms with van der Waals surface area (Å²) in [4.78, 5) is 48.9. The molecule has 1 aliphatic rings. The molecule has 0 fully saturated rings. The highest BCUT2D eigenvalue weighted by Crippen LogP contribution is 2.44. The second kappa shape index (κ2) is 13.9.